The molecule has 0 bridgehead atoms. The minimum atomic E-state index is -0.148. The van der Waals surface area contributed by atoms with Crippen LogP contribution < -0.4 is 16.0 Å². The second-order valence-electron chi connectivity index (χ2n) is 8.99. The average Bonchev–Trinajstić information content (AvgIpc) is 2.73. The number of benzene rings is 2. The lowest BCUT2D eigenvalue weighted by atomic mass is 9.97. The van der Waals surface area contributed by atoms with E-state index in [4.69, 9.17) is 0 Å². The monoisotopic (exact) mass is 428 g/mol. The van der Waals surface area contributed by atoms with Gasteiger partial charge >= 0.3 is 0 Å². The molecule has 1 aliphatic rings. The Kier molecular flexibility index (Phi) is 6.56. The molecule has 3 aromatic rings. The van der Waals surface area contributed by atoms with Crippen molar-refractivity contribution in [2.24, 2.45) is 0 Å². The van der Waals surface area contributed by atoms with Crippen molar-refractivity contribution in [1.82, 2.24) is 10.3 Å². The van der Waals surface area contributed by atoms with Gasteiger partial charge in [0.05, 0.1) is 11.3 Å². The summed E-state index contributed by atoms with van der Waals surface area (Å²) in [4.78, 5) is 17.9. The quantitative estimate of drug-likeness (QED) is 0.509. The number of hydrogen-bond acceptors (Lipinski definition) is 4. The zero-order chi connectivity index (χ0) is 22.7. The van der Waals surface area contributed by atoms with E-state index in [1.165, 1.54) is 11.1 Å². The van der Waals surface area contributed by atoms with Crippen LogP contribution in [0.15, 0.2) is 48.8 Å². The Bertz CT molecular complexity index is 1090. The van der Waals surface area contributed by atoms with Crippen molar-refractivity contribution < 1.29 is 4.79 Å². The number of amides is 1. The molecule has 0 unspecified atom stereocenters. The summed E-state index contributed by atoms with van der Waals surface area (Å²) < 4.78 is 0. The Labute approximate surface area is 190 Å². The highest BCUT2D eigenvalue weighted by atomic mass is 16.1. The number of aromatic nitrogens is 1. The second kappa shape index (κ2) is 9.53. The number of piperidine rings is 1. The van der Waals surface area contributed by atoms with E-state index in [-0.39, 0.29) is 5.91 Å². The highest BCUT2D eigenvalue weighted by molar-refractivity contribution is 6.10. The summed E-state index contributed by atoms with van der Waals surface area (Å²) in [5.41, 5.74) is 8.90. The normalized spacial score (nSPS) is 14.2. The van der Waals surface area contributed by atoms with Crippen molar-refractivity contribution in [2.45, 2.75) is 46.6 Å². The molecule has 1 aromatic heterocycles. The molecule has 0 atom stereocenters. The minimum absolute atomic E-state index is 0.148. The Hall–Kier alpha value is -3.18. The maximum Gasteiger partial charge on any atom is 0.259 e. The van der Waals surface area contributed by atoms with Gasteiger partial charge in [0.25, 0.3) is 5.91 Å². The number of nitrogens with zero attached hydrogens (tertiary/aromatic N) is 1. The zero-order valence-electron chi connectivity index (χ0n) is 19.4. The molecule has 0 aliphatic carbocycles. The number of pyridine rings is 1. The predicted molar refractivity (Wildman–Crippen MR) is 133 cm³/mol. The molecule has 1 saturated heterocycles. The van der Waals surface area contributed by atoms with Gasteiger partial charge in [-0.25, -0.2) is 0 Å². The van der Waals surface area contributed by atoms with Gasteiger partial charge in [0.2, 0.25) is 0 Å². The highest BCUT2D eigenvalue weighted by Gasteiger charge is 2.21. The van der Waals surface area contributed by atoms with E-state index >= 15 is 0 Å². The van der Waals surface area contributed by atoms with E-state index in [0.717, 1.165) is 59.6 Å². The van der Waals surface area contributed by atoms with Crippen LogP contribution in [0.3, 0.4) is 0 Å². The van der Waals surface area contributed by atoms with Crippen LogP contribution in [0.5, 0.6) is 0 Å². The summed E-state index contributed by atoms with van der Waals surface area (Å²) in [6.45, 7) is 10.2. The number of rotatable bonds is 5. The van der Waals surface area contributed by atoms with Gasteiger partial charge in [0.15, 0.2) is 0 Å². The third-order valence-electron chi connectivity index (χ3n) is 5.89. The minimum Gasteiger partial charge on any atom is -0.381 e. The van der Waals surface area contributed by atoms with Crippen LogP contribution in [0.1, 0.15) is 45.5 Å². The number of carbonyl (C=O) groups is 1. The summed E-state index contributed by atoms with van der Waals surface area (Å²) in [6.07, 6.45) is 5.58. The number of anilines is 2. The molecule has 1 fully saturated rings. The molecule has 2 heterocycles. The number of nitrogens with one attached hydrogen (secondary N) is 3. The lowest BCUT2D eigenvalue weighted by molar-refractivity contribution is 0.102. The van der Waals surface area contributed by atoms with Gasteiger partial charge < -0.3 is 16.0 Å². The van der Waals surface area contributed by atoms with E-state index in [9.17, 15) is 4.79 Å². The molecule has 32 heavy (non-hydrogen) atoms. The summed E-state index contributed by atoms with van der Waals surface area (Å²) in [7, 11) is 0. The number of carbonyl (C=O) groups excluding carboxylic acids is 1. The zero-order valence-corrected chi connectivity index (χ0v) is 19.4. The molecule has 1 amide bonds. The summed E-state index contributed by atoms with van der Waals surface area (Å²) in [6, 6.07) is 12.9. The SMILES string of the molecule is Cc1cc(C)cc(NC(=O)c2cncc(-c3cc(C)cc(C)c3)c2NC2CCNCC2)c1. The lowest BCUT2D eigenvalue weighted by Crippen LogP contribution is -2.36. The van der Waals surface area contributed by atoms with Crippen LogP contribution in [-0.2, 0) is 0 Å². The molecule has 0 saturated carbocycles. The molecule has 4 rings (SSSR count). The van der Waals surface area contributed by atoms with Gasteiger partial charge in [-0.3, -0.25) is 9.78 Å². The van der Waals surface area contributed by atoms with Gasteiger partial charge in [-0.2, -0.15) is 0 Å². The van der Waals surface area contributed by atoms with Gasteiger partial charge in [-0.1, -0.05) is 35.4 Å². The predicted octanol–water partition coefficient (Wildman–Crippen LogP) is 5.40. The molecule has 166 valence electrons. The van der Waals surface area contributed by atoms with E-state index in [2.05, 4.69) is 59.0 Å². The van der Waals surface area contributed by atoms with E-state index < -0.39 is 0 Å². The third-order valence-corrected chi connectivity index (χ3v) is 5.89. The fourth-order valence-electron chi connectivity index (χ4n) is 4.55. The van der Waals surface area contributed by atoms with Crippen LogP contribution in [0, 0.1) is 27.7 Å². The average molecular weight is 429 g/mol. The fourth-order valence-corrected chi connectivity index (χ4v) is 4.55. The third kappa shape index (κ3) is 5.17. The number of aryl methyl sites for hydroxylation is 4. The van der Waals surface area contributed by atoms with E-state index in [1.54, 1.807) is 6.20 Å². The van der Waals surface area contributed by atoms with Gasteiger partial charge in [0, 0.05) is 29.7 Å². The Balaban J connectivity index is 1.75. The molecular formula is C27H32N4O. The smallest absolute Gasteiger partial charge is 0.259 e. The van der Waals surface area contributed by atoms with Crippen molar-refractivity contribution in [3.63, 3.8) is 0 Å². The largest absolute Gasteiger partial charge is 0.381 e. The molecule has 1 aliphatic heterocycles. The van der Waals surface area contributed by atoms with Gasteiger partial charge in [0.1, 0.15) is 0 Å². The first kappa shape index (κ1) is 22.0. The van der Waals surface area contributed by atoms with Crippen molar-refractivity contribution in [3.05, 3.63) is 76.6 Å². The van der Waals surface area contributed by atoms with Crippen molar-refractivity contribution in [2.75, 3.05) is 23.7 Å². The van der Waals surface area contributed by atoms with Crippen LogP contribution >= 0.6 is 0 Å². The maximum absolute atomic E-state index is 13.4. The molecule has 0 radical (unpaired) electrons. The Morgan fingerprint density at radius 3 is 2.09 bits per heavy atom. The molecular weight excluding hydrogens is 396 g/mol. The topological polar surface area (TPSA) is 66.0 Å². The van der Waals surface area contributed by atoms with E-state index in [1.807, 2.05) is 32.2 Å². The van der Waals surface area contributed by atoms with Gasteiger partial charge in [-0.15, -0.1) is 0 Å². The maximum atomic E-state index is 13.4. The first-order valence-corrected chi connectivity index (χ1v) is 11.3. The summed E-state index contributed by atoms with van der Waals surface area (Å²) in [5, 5.41) is 10.2. The lowest BCUT2D eigenvalue weighted by Gasteiger charge is -2.27. The van der Waals surface area contributed by atoms with Crippen LogP contribution in [0.2, 0.25) is 0 Å². The second-order valence-corrected chi connectivity index (χ2v) is 8.99. The first-order chi connectivity index (χ1) is 15.4. The van der Waals surface area contributed by atoms with Crippen molar-refractivity contribution >= 4 is 17.3 Å². The Morgan fingerprint density at radius 2 is 1.47 bits per heavy atom. The van der Waals surface area contributed by atoms with Crippen LogP contribution in [-0.4, -0.2) is 30.0 Å². The van der Waals surface area contributed by atoms with Crippen LogP contribution in [0.25, 0.3) is 11.1 Å². The van der Waals surface area contributed by atoms with Crippen molar-refractivity contribution in [3.8, 4) is 11.1 Å². The van der Waals surface area contributed by atoms with Gasteiger partial charge in [-0.05, 0) is 82.4 Å². The molecule has 3 N–H and O–H groups in total. The summed E-state index contributed by atoms with van der Waals surface area (Å²) >= 11 is 0. The van der Waals surface area contributed by atoms with Crippen molar-refractivity contribution in [1.29, 1.82) is 0 Å². The number of hydrogen-bond donors (Lipinski definition) is 3. The molecule has 0 spiro atoms. The standard InChI is InChI=1S/C27H32N4O/c1-17-9-18(2)12-21(11-17)24-15-29-16-25(26(24)30-22-5-7-28-8-6-22)27(32)31-23-13-19(3)10-20(4)14-23/h9-16,22,28H,5-8H2,1-4H3,(H,29,30)(H,31,32). The molecule has 5 nitrogen and oxygen atoms in total. The van der Waals surface area contributed by atoms with E-state index in [0.29, 0.717) is 11.6 Å². The fraction of sp³-hybridized carbons (Fsp3) is 0.333. The highest BCUT2D eigenvalue weighted by Crippen LogP contribution is 2.33. The summed E-state index contributed by atoms with van der Waals surface area (Å²) in [5.74, 6) is -0.148. The Morgan fingerprint density at radius 1 is 0.875 bits per heavy atom. The molecule has 5 heteroatoms. The first-order valence-electron chi connectivity index (χ1n) is 11.3. The molecule has 2 aromatic carbocycles. The van der Waals surface area contributed by atoms with Crippen LogP contribution in [0.4, 0.5) is 11.4 Å².